The molecule has 2 saturated heterocycles. The van der Waals surface area contributed by atoms with Crippen molar-refractivity contribution in [2.75, 3.05) is 46.2 Å². The Morgan fingerprint density at radius 3 is 1.88 bits per heavy atom. The summed E-state index contributed by atoms with van der Waals surface area (Å²) in [6.07, 6.45) is -0.832. The molecule has 2 heterocycles. The molecule has 0 aromatic heterocycles. The van der Waals surface area contributed by atoms with Crippen LogP contribution in [0.1, 0.15) is 33.3 Å². The van der Waals surface area contributed by atoms with E-state index >= 15 is 0 Å². The van der Waals surface area contributed by atoms with Crippen molar-refractivity contribution in [2.45, 2.75) is 58.1 Å². The van der Waals surface area contributed by atoms with E-state index in [1.807, 2.05) is 58.0 Å². The lowest BCUT2D eigenvalue weighted by Gasteiger charge is -2.36. The zero-order valence-electron chi connectivity index (χ0n) is 20.0. The summed E-state index contributed by atoms with van der Waals surface area (Å²) in [7, 11) is 0. The van der Waals surface area contributed by atoms with Gasteiger partial charge in [0.05, 0.1) is 39.6 Å². The van der Waals surface area contributed by atoms with Crippen LogP contribution in [0.25, 0.3) is 0 Å². The van der Waals surface area contributed by atoms with Gasteiger partial charge in [0.15, 0.2) is 11.6 Å². The van der Waals surface area contributed by atoms with Crippen LogP contribution < -0.4 is 5.32 Å². The molecule has 1 aromatic rings. The minimum absolute atomic E-state index is 0.0980. The third-order valence-corrected chi connectivity index (χ3v) is 5.35. The first-order chi connectivity index (χ1) is 15.7. The maximum atomic E-state index is 12.2. The lowest BCUT2D eigenvalue weighted by molar-refractivity contribution is -0.284. The molecule has 0 spiro atoms. The third-order valence-electron chi connectivity index (χ3n) is 5.35. The predicted octanol–water partition coefficient (Wildman–Crippen LogP) is 2.87. The van der Waals surface area contributed by atoms with E-state index in [2.05, 4.69) is 5.32 Å². The number of nitrogens with one attached hydrogen (secondary N) is 1. The summed E-state index contributed by atoms with van der Waals surface area (Å²) in [4.78, 5) is 12.2. The van der Waals surface area contributed by atoms with Gasteiger partial charge in [-0.05, 0) is 33.3 Å². The molecule has 1 aromatic carbocycles. The minimum Gasteiger partial charge on any atom is -0.445 e. The molecule has 3 rings (SSSR count). The highest BCUT2D eigenvalue weighted by molar-refractivity contribution is 5.67. The molecule has 2 fully saturated rings. The number of carbonyl (C=O) groups excluding carboxylic acids is 1. The van der Waals surface area contributed by atoms with E-state index in [1.165, 1.54) is 0 Å². The van der Waals surface area contributed by atoms with Crippen LogP contribution in [0.4, 0.5) is 4.79 Å². The lowest BCUT2D eigenvalue weighted by atomic mass is 10.1. The predicted molar refractivity (Wildman–Crippen MR) is 120 cm³/mol. The normalized spacial score (nSPS) is 21.1. The molecule has 0 bridgehead atoms. The Morgan fingerprint density at radius 1 is 0.909 bits per heavy atom. The monoisotopic (exact) mass is 467 g/mol. The van der Waals surface area contributed by atoms with Crippen molar-refractivity contribution in [3.05, 3.63) is 35.9 Å². The van der Waals surface area contributed by atoms with Crippen LogP contribution in [0.2, 0.25) is 0 Å². The summed E-state index contributed by atoms with van der Waals surface area (Å²) in [5, 5.41) is 2.81. The first-order valence-corrected chi connectivity index (χ1v) is 11.4. The topological polar surface area (TPSA) is 93.7 Å². The van der Waals surface area contributed by atoms with E-state index in [0.29, 0.717) is 46.2 Å². The van der Waals surface area contributed by atoms with Gasteiger partial charge >= 0.3 is 6.09 Å². The molecular formula is C24H37NO8. The minimum atomic E-state index is -0.596. The summed E-state index contributed by atoms with van der Waals surface area (Å²) in [5.41, 5.74) is 0.927. The van der Waals surface area contributed by atoms with E-state index in [0.717, 1.165) is 5.56 Å². The summed E-state index contributed by atoms with van der Waals surface area (Å²) in [5.74, 6) is -1.29. The van der Waals surface area contributed by atoms with Gasteiger partial charge in [-0.3, -0.25) is 0 Å². The molecule has 2 aliphatic heterocycles. The highest BCUT2D eigenvalue weighted by Crippen LogP contribution is 2.20. The number of alkyl carbamates (subject to hydrolysis) is 1. The molecule has 0 saturated carbocycles. The van der Waals surface area contributed by atoms with Crippen LogP contribution in [0.5, 0.6) is 0 Å². The summed E-state index contributed by atoms with van der Waals surface area (Å²) in [6.45, 7) is 10.6. The molecule has 0 radical (unpaired) electrons. The van der Waals surface area contributed by atoms with Crippen molar-refractivity contribution in [3.8, 4) is 0 Å². The second-order valence-corrected chi connectivity index (χ2v) is 9.26. The zero-order chi connectivity index (χ0) is 23.7. The molecule has 2 aliphatic rings. The second kappa shape index (κ2) is 12.1. The molecule has 1 N–H and O–H groups in total. The Hall–Kier alpha value is -1.75. The van der Waals surface area contributed by atoms with Crippen molar-refractivity contribution in [1.82, 2.24) is 5.32 Å². The van der Waals surface area contributed by atoms with Gasteiger partial charge in [-0.15, -0.1) is 0 Å². The quantitative estimate of drug-likeness (QED) is 0.562. The van der Waals surface area contributed by atoms with Gasteiger partial charge in [0.2, 0.25) is 0 Å². The molecule has 9 nitrogen and oxygen atoms in total. The van der Waals surface area contributed by atoms with E-state index in [4.69, 9.17) is 33.2 Å². The first kappa shape index (κ1) is 25.9. The van der Waals surface area contributed by atoms with E-state index in [9.17, 15) is 4.79 Å². The summed E-state index contributed by atoms with van der Waals surface area (Å²) >= 11 is 0. The number of rotatable bonds is 10. The van der Waals surface area contributed by atoms with Crippen LogP contribution in [-0.2, 0) is 39.8 Å². The highest BCUT2D eigenvalue weighted by Gasteiger charge is 2.31. The van der Waals surface area contributed by atoms with Crippen molar-refractivity contribution >= 4 is 6.09 Å². The number of carbonyl (C=O) groups is 1. The van der Waals surface area contributed by atoms with Crippen molar-refractivity contribution < 1.29 is 38.0 Å². The Kier molecular flexibility index (Phi) is 9.48. The highest BCUT2D eigenvalue weighted by atomic mass is 16.7. The van der Waals surface area contributed by atoms with Crippen molar-refractivity contribution in [2.24, 2.45) is 5.92 Å². The summed E-state index contributed by atoms with van der Waals surface area (Å²) in [6, 6.07) is 9.54. The maximum absolute atomic E-state index is 12.2. The second-order valence-electron chi connectivity index (χ2n) is 9.26. The van der Waals surface area contributed by atoms with Crippen LogP contribution >= 0.6 is 0 Å². The van der Waals surface area contributed by atoms with Gasteiger partial charge in [0.1, 0.15) is 18.8 Å². The van der Waals surface area contributed by atoms with Crippen molar-refractivity contribution in [1.29, 1.82) is 0 Å². The van der Waals surface area contributed by atoms with E-state index in [1.54, 1.807) is 0 Å². The SMILES string of the molecule is CC1(C)OCC(OCC(CNC(=O)OCc2ccccc2)COC2COC(C)(C)OC2)CO1. The van der Waals surface area contributed by atoms with Crippen LogP contribution in [0.3, 0.4) is 0 Å². The Labute approximate surface area is 195 Å². The standard InChI is InChI=1S/C24H37NO8/c1-23(2)30-14-20(15-31-23)27-12-19(13-28-21-16-32-24(3,4)33-17-21)10-25-22(26)29-11-18-8-6-5-7-9-18/h5-9,19-21H,10-17H2,1-4H3,(H,25,26). The molecule has 0 atom stereocenters. The molecular weight excluding hydrogens is 430 g/mol. The van der Waals surface area contributed by atoms with E-state index in [-0.39, 0.29) is 24.7 Å². The first-order valence-electron chi connectivity index (χ1n) is 11.4. The summed E-state index contributed by atoms with van der Waals surface area (Å²) < 4.78 is 39.9. The lowest BCUT2D eigenvalue weighted by Crippen LogP contribution is -2.45. The van der Waals surface area contributed by atoms with Gasteiger partial charge in [0.25, 0.3) is 0 Å². The van der Waals surface area contributed by atoms with Crippen LogP contribution in [0, 0.1) is 5.92 Å². The Balaban J connectivity index is 1.43. The molecule has 9 heteroatoms. The van der Waals surface area contributed by atoms with Gasteiger partial charge in [0, 0.05) is 12.5 Å². The Bertz CT molecular complexity index is 674. The number of hydrogen-bond acceptors (Lipinski definition) is 8. The van der Waals surface area contributed by atoms with Crippen LogP contribution in [0.15, 0.2) is 30.3 Å². The van der Waals surface area contributed by atoms with Gasteiger partial charge < -0.3 is 38.5 Å². The molecule has 33 heavy (non-hydrogen) atoms. The largest absolute Gasteiger partial charge is 0.445 e. The smallest absolute Gasteiger partial charge is 0.407 e. The number of amides is 1. The molecule has 186 valence electrons. The van der Waals surface area contributed by atoms with Crippen LogP contribution in [-0.4, -0.2) is 76.1 Å². The van der Waals surface area contributed by atoms with Crippen molar-refractivity contribution in [3.63, 3.8) is 0 Å². The number of benzene rings is 1. The molecule has 0 unspecified atom stereocenters. The fourth-order valence-corrected chi connectivity index (χ4v) is 3.26. The number of hydrogen-bond donors (Lipinski definition) is 1. The number of ether oxygens (including phenoxy) is 7. The van der Waals surface area contributed by atoms with Gasteiger partial charge in [-0.2, -0.15) is 0 Å². The van der Waals surface area contributed by atoms with E-state index < -0.39 is 17.7 Å². The fourth-order valence-electron chi connectivity index (χ4n) is 3.26. The zero-order valence-corrected chi connectivity index (χ0v) is 20.0. The van der Waals surface area contributed by atoms with Gasteiger partial charge in [-0.1, -0.05) is 30.3 Å². The Morgan fingerprint density at radius 2 is 1.39 bits per heavy atom. The molecule has 1 amide bonds. The average Bonchev–Trinajstić information content (AvgIpc) is 2.79. The average molecular weight is 468 g/mol. The molecule has 0 aliphatic carbocycles. The fraction of sp³-hybridized carbons (Fsp3) is 0.708. The van der Waals surface area contributed by atoms with Gasteiger partial charge in [-0.25, -0.2) is 4.79 Å². The third kappa shape index (κ3) is 9.56. The maximum Gasteiger partial charge on any atom is 0.407 e.